The van der Waals surface area contributed by atoms with Gasteiger partial charge in [-0.3, -0.25) is 9.69 Å². The van der Waals surface area contributed by atoms with Crippen LogP contribution < -0.4 is 5.32 Å². The van der Waals surface area contributed by atoms with E-state index in [0.717, 1.165) is 6.42 Å². The second-order valence-corrected chi connectivity index (χ2v) is 6.33. The Morgan fingerprint density at radius 3 is 2.26 bits per heavy atom. The fourth-order valence-corrected chi connectivity index (χ4v) is 3.20. The van der Waals surface area contributed by atoms with Crippen molar-refractivity contribution < 1.29 is 9.90 Å². The van der Waals surface area contributed by atoms with E-state index in [1.165, 1.54) is 12.8 Å². The van der Waals surface area contributed by atoms with Gasteiger partial charge in [-0.25, -0.2) is 0 Å². The van der Waals surface area contributed by atoms with E-state index >= 15 is 0 Å². The monoisotopic (exact) mass is 270 g/mol. The number of nitrogens with zero attached hydrogens (tertiary/aromatic N) is 1. The van der Waals surface area contributed by atoms with Gasteiger partial charge in [0.1, 0.15) is 0 Å². The number of rotatable bonds is 6. The van der Waals surface area contributed by atoms with Crippen molar-refractivity contribution in [2.45, 2.75) is 78.1 Å². The number of carbonyl (C=O) groups excluding carboxylic acids is 1. The SMILES string of the molecule is CC(O)CC(C)CNC(=O)C(C)N1C(C)CCC1C. The van der Waals surface area contributed by atoms with Crippen molar-refractivity contribution in [2.24, 2.45) is 5.92 Å². The number of amides is 1. The fraction of sp³-hybridized carbons (Fsp3) is 0.933. The molecule has 0 aliphatic carbocycles. The molecule has 0 aromatic heterocycles. The highest BCUT2D eigenvalue weighted by Crippen LogP contribution is 2.25. The molecule has 112 valence electrons. The third-order valence-electron chi connectivity index (χ3n) is 4.22. The molecule has 4 nitrogen and oxygen atoms in total. The van der Waals surface area contributed by atoms with Gasteiger partial charge in [0, 0.05) is 18.6 Å². The molecule has 0 aromatic carbocycles. The number of carbonyl (C=O) groups is 1. The van der Waals surface area contributed by atoms with Crippen LogP contribution in [0.25, 0.3) is 0 Å². The molecule has 0 spiro atoms. The Morgan fingerprint density at radius 2 is 1.79 bits per heavy atom. The highest BCUT2D eigenvalue weighted by atomic mass is 16.3. The molecule has 5 unspecified atom stereocenters. The van der Waals surface area contributed by atoms with Gasteiger partial charge in [-0.05, 0) is 52.9 Å². The Morgan fingerprint density at radius 1 is 1.26 bits per heavy atom. The van der Waals surface area contributed by atoms with Crippen LogP contribution in [0.4, 0.5) is 0 Å². The smallest absolute Gasteiger partial charge is 0.237 e. The van der Waals surface area contributed by atoms with E-state index in [1.54, 1.807) is 6.92 Å². The summed E-state index contributed by atoms with van der Waals surface area (Å²) < 4.78 is 0. The molecular weight excluding hydrogens is 240 g/mol. The lowest BCUT2D eigenvalue weighted by atomic mass is 10.0. The minimum absolute atomic E-state index is 0.0637. The average Bonchev–Trinajstić information content (AvgIpc) is 2.64. The summed E-state index contributed by atoms with van der Waals surface area (Å²) in [5, 5.41) is 12.3. The summed E-state index contributed by atoms with van der Waals surface area (Å²) in [4.78, 5) is 14.5. The van der Waals surface area contributed by atoms with E-state index in [1.807, 2.05) is 6.92 Å². The molecule has 1 amide bonds. The van der Waals surface area contributed by atoms with Crippen LogP contribution >= 0.6 is 0 Å². The van der Waals surface area contributed by atoms with E-state index in [0.29, 0.717) is 24.5 Å². The lowest BCUT2D eigenvalue weighted by Gasteiger charge is -2.31. The Bertz CT molecular complexity index is 284. The largest absolute Gasteiger partial charge is 0.393 e. The highest BCUT2D eigenvalue weighted by molar-refractivity contribution is 5.81. The molecule has 1 heterocycles. The van der Waals surface area contributed by atoms with Crippen LogP contribution in [0.3, 0.4) is 0 Å². The molecule has 1 saturated heterocycles. The van der Waals surface area contributed by atoms with Gasteiger partial charge in [0.05, 0.1) is 12.1 Å². The summed E-state index contributed by atoms with van der Waals surface area (Å²) in [5.74, 6) is 0.419. The van der Waals surface area contributed by atoms with Crippen LogP contribution in [0.5, 0.6) is 0 Å². The quantitative estimate of drug-likeness (QED) is 0.773. The molecule has 1 aliphatic rings. The maximum Gasteiger partial charge on any atom is 0.237 e. The van der Waals surface area contributed by atoms with Crippen molar-refractivity contribution in [3.8, 4) is 0 Å². The third kappa shape index (κ3) is 4.77. The van der Waals surface area contributed by atoms with Crippen LogP contribution in [-0.2, 0) is 4.79 Å². The summed E-state index contributed by atoms with van der Waals surface area (Å²) in [6.45, 7) is 10.9. The molecule has 4 heteroatoms. The molecule has 1 fully saturated rings. The second-order valence-electron chi connectivity index (χ2n) is 6.33. The van der Waals surface area contributed by atoms with Crippen LogP contribution in [0.15, 0.2) is 0 Å². The lowest BCUT2D eigenvalue weighted by Crippen LogP contribution is -2.49. The Balaban J connectivity index is 2.40. The number of likely N-dealkylation sites (tertiary alicyclic amines) is 1. The van der Waals surface area contributed by atoms with Crippen molar-refractivity contribution in [1.82, 2.24) is 10.2 Å². The van der Waals surface area contributed by atoms with Crippen molar-refractivity contribution in [1.29, 1.82) is 0 Å². The van der Waals surface area contributed by atoms with Gasteiger partial charge >= 0.3 is 0 Å². The number of hydrogen-bond donors (Lipinski definition) is 2. The summed E-state index contributed by atoms with van der Waals surface area (Å²) in [7, 11) is 0. The summed E-state index contributed by atoms with van der Waals surface area (Å²) in [5.41, 5.74) is 0. The van der Waals surface area contributed by atoms with Gasteiger partial charge in [0.2, 0.25) is 5.91 Å². The zero-order chi connectivity index (χ0) is 14.6. The van der Waals surface area contributed by atoms with Gasteiger partial charge in [0.25, 0.3) is 0 Å². The van der Waals surface area contributed by atoms with E-state index in [4.69, 9.17) is 0 Å². The second kappa shape index (κ2) is 7.25. The Labute approximate surface area is 117 Å². The first-order valence-corrected chi connectivity index (χ1v) is 7.56. The molecule has 0 bridgehead atoms. The first kappa shape index (κ1) is 16.4. The van der Waals surface area contributed by atoms with Crippen LogP contribution in [0, 0.1) is 5.92 Å². The zero-order valence-electron chi connectivity index (χ0n) is 13.0. The maximum atomic E-state index is 12.2. The van der Waals surface area contributed by atoms with Crippen molar-refractivity contribution >= 4 is 5.91 Å². The zero-order valence-corrected chi connectivity index (χ0v) is 13.0. The Kier molecular flexibility index (Phi) is 6.27. The predicted octanol–water partition coefficient (Wildman–Crippen LogP) is 1.77. The van der Waals surface area contributed by atoms with Gasteiger partial charge in [-0.1, -0.05) is 6.92 Å². The minimum Gasteiger partial charge on any atom is -0.393 e. The van der Waals surface area contributed by atoms with Crippen LogP contribution in [-0.4, -0.2) is 46.7 Å². The highest BCUT2D eigenvalue weighted by Gasteiger charge is 2.34. The first-order valence-electron chi connectivity index (χ1n) is 7.56. The van der Waals surface area contributed by atoms with E-state index < -0.39 is 0 Å². The third-order valence-corrected chi connectivity index (χ3v) is 4.22. The fourth-order valence-electron chi connectivity index (χ4n) is 3.20. The average molecular weight is 270 g/mol. The van der Waals surface area contributed by atoms with Crippen LogP contribution in [0.1, 0.15) is 53.9 Å². The van der Waals surface area contributed by atoms with Gasteiger partial charge in [0.15, 0.2) is 0 Å². The standard InChI is InChI=1S/C15H30N2O2/c1-10(8-13(4)18)9-16-15(19)14(5)17-11(2)6-7-12(17)3/h10-14,18H,6-9H2,1-5H3,(H,16,19). The molecule has 0 saturated carbocycles. The van der Waals surface area contributed by atoms with Crippen molar-refractivity contribution in [3.63, 3.8) is 0 Å². The van der Waals surface area contributed by atoms with Gasteiger partial charge in [-0.15, -0.1) is 0 Å². The Hall–Kier alpha value is -0.610. The molecule has 19 heavy (non-hydrogen) atoms. The predicted molar refractivity (Wildman–Crippen MR) is 77.9 cm³/mol. The van der Waals surface area contributed by atoms with Crippen molar-refractivity contribution in [2.75, 3.05) is 6.54 Å². The summed E-state index contributed by atoms with van der Waals surface area (Å²) in [6, 6.07) is 0.919. The minimum atomic E-state index is -0.303. The van der Waals surface area contributed by atoms with Gasteiger partial charge < -0.3 is 10.4 Å². The molecular formula is C15H30N2O2. The number of aliphatic hydroxyl groups is 1. The molecule has 1 aliphatic heterocycles. The summed E-state index contributed by atoms with van der Waals surface area (Å²) >= 11 is 0. The lowest BCUT2D eigenvalue weighted by molar-refractivity contribution is -0.127. The van der Waals surface area contributed by atoms with Crippen molar-refractivity contribution in [3.05, 3.63) is 0 Å². The van der Waals surface area contributed by atoms with E-state index in [9.17, 15) is 9.90 Å². The molecule has 0 radical (unpaired) electrons. The molecule has 1 rings (SSSR count). The maximum absolute atomic E-state index is 12.2. The number of nitrogens with one attached hydrogen (secondary N) is 1. The first-order chi connectivity index (χ1) is 8.82. The number of hydrogen-bond acceptors (Lipinski definition) is 3. The summed E-state index contributed by atoms with van der Waals surface area (Å²) in [6.07, 6.45) is 2.78. The topological polar surface area (TPSA) is 52.6 Å². The van der Waals surface area contributed by atoms with E-state index in [2.05, 4.69) is 31.0 Å². The van der Waals surface area contributed by atoms with E-state index in [-0.39, 0.29) is 18.1 Å². The van der Waals surface area contributed by atoms with Gasteiger partial charge in [-0.2, -0.15) is 0 Å². The molecule has 5 atom stereocenters. The van der Waals surface area contributed by atoms with Crippen LogP contribution in [0.2, 0.25) is 0 Å². The number of aliphatic hydroxyl groups excluding tert-OH is 1. The molecule has 0 aromatic rings. The molecule has 2 N–H and O–H groups in total. The normalized spacial score (nSPS) is 28.9.